The van der Waals surface area contributed by atoms with Gasteiger partial charge in [-0.25, -0.2) is 8.78 Å². The highest BCUT2D eigenvalue weighted by Gasteiger charge is 2.17. The van der Waals surface area contributed by atoms with Crippen LogP contribution in [-0.4, -0.2) is 28.4 Å². The van der Waals surface area contributed by atoms with Crippen molar-refractivity contribution < 1.29 is 13.6 Å². The highest BCUT2D eigenvalue weighted by molar-refractivity contribution is 8.00. The average Bonchev–Trinajstić information content (AvgIpc) is 2.80. The second-order valence-electron chi connectivity index (χ2n) is 6.81. The second kappa shape index (κ2) is 9.22. The van der Waals surface area contributed by atoms with Crippen molar-refractivity contribution in [1.29, 1.82) is 0 Å². The van der Waals surface area contributed by atoms with Crippen LogP contribution in [-0.2, 0) is 4.79 Å². The summed E-state index contributed by atoms with van der Waals surface area (Å²) in [6.07, 6.45) is 0. The number of anilines is 1. The number of carbonyl (C=O) groups is 1. The van der Waals surface area contributed by atoms with E-state index in [0.717, 1.165) is 16.3 Å². The molecule has 0 radical (unpaired) electrons. The number of nitrogens with zero attached hydrogens (tertiary/aromatic N) is 3. The minimum absolute atomic E-state index is 0.104. The van der Waals surface area contributed by atoms with Gasteiger partial charge in [0.25, 0.3) is 0 Å². The summed E-state index contributed by atoms with van der Waals surface area (Å²) in [6, 6.07) is 19.7. The lowest BCUT2D eigenvalue weighted by Gasteiger charge is -2.21. The summed E-state index contributed by atoms with van der Waals surface area (Å²) in [6.45, 7) is 2.35. The highest BCUT2D eigenvalue weighted by Crippen LogP contribution is 2.32. The topological polar surface area (TPSA) is 46.1 Å². The van der Waals surface area contributed by atoms with E-state index < -0.39 is 0 Å². The van der Waals surface area contributed by atoms with Crippen molar-refractivity contribution in [3.63, 3.8) is 0 Å². The standard InChI is InChI=1S/C24H19F2N3OS/c1-2-29(19-13-11-18(26)12-14-19)22(30)15-31-24-21-6-4-3-5-20(21)23(27-28-24)16-7-9-17(25)10-8-16/h3-14H,2,15H2,1H3. The number of aromatic nitrogens is 2. The Kier molecular flexibility index (Phi) is 6.23. The van der Waals surface area contributed by atoms with Gasteiger partial charge in [0.05, 0.1) is 5.75 Å². The molecule has 0 bridgehead atoms. The molecule has 31 heavy (non-hydrogen) atoms. The van der Waals surface area contributed by atoms with Crippen molar-refractivity contribution in [2.75, 3.05) is 17.2 Å². The van der Waals surface area contributed by atoms with Gasteiger partial charge in [-0.3, -0.25) is 4.79 Å². The predicted octanol–water partition coefficient (Wildman–Crippen LogP) is 5.72. The van der Waals surface area contributed by atoms with E-state index in [-0.39, 0.29) is 23.3 Å². The smallest absolute Gasteiger partial charge is 0.237 e. The Balaban J connectivity index is 1.59. The molecule has 4 rings (SSSR count). The summed E-state index contributed by atoms with van der Waals surface area (Å²) in [4.78, 5) is 14.4. The average molecular weight is 435 g/mol. The van der Waals surface area contributed by atoms with Crippen molar-refractivity contribution in [2.45, 2.75) is 11.9 Å². The lowest BCUT2D eigenvalue weighted by molar-refractivity contribution is -0.116. The normalized spacial score (nSPS) is 10.9. The first-order chi connectivity index (χ1) is 15.1. The second-order valence-corrected chi connectivity index (χ2v) is 7.77. The molecule has 0 N–H and O–H groups in total. The van der Waals surface area contributed by atoms with Crippen molar-refractivity contribution in [1.82, 2.24) is 10.2 Å². The van der Waals surface area contributed by atoms with Crippen LogP contribution in [0.15, 0.2) is 77.8 Å². The third kappa shape index (κ3) is 4.56. The minimum Gasteiger partial charge on any atom is -0.312 e. The van der Waals surface area contributed by atoms with E-state index in [4.69, 9.17) is 0 Å². The number of benzene rings is 3. The predicted molar refractivity (Wildman–Crippen MR) is 120 cm³/mol. The molecule has 0 unspecified atom stereocenters. The Morgan fingerprint density at radius 3 is 2.13 bits per heavy atom. The molecular formula is C24H19F2N3OS. The molecule has 0 fully saturated rings. The third-order valence-corrected chi connectivity index (χ3v) is 5.83. The number of thioether (sulfide) groups is 1. The molecule has 4 aromatic rings. The van der Waals surface area contributed by atoms with Crippen LogP contribution in [0.4, 0.5) is 14.5 Å². The lowest BCUT2D eigenvalue weighted by atomic mass is 10.1. The van der Waals surface area contributed by atoms with E-state index in [9.17, 15) is 13.6 Å². The molecule has 0 aliphatic carbocycles. The maximum Gasteiger partial charge on any atom is 0.237 e. The van der Waals surface area contributed by atoms with Crippen LogP contribution >= 0.6 is 11.8 Å². The van der Waals surface area contributed by atoms with E-state index >= 15 is 0 Å². The molecule has 3 aromatic carbocycles. The number of amides is 1. The molecule has 1 amide bonds. The van der Waals surface area contributed by atoms with Crippen LogP contribution in [0.2, 0.25) is 0 Å². The van der Waals surface area contributed by atoms with Gasteiger partial charge >= 0.3 is 0 Å². The molecular weight excluding hydrogens is 416 g/mol. The van der Waals surface area contributed by atoms with Crippen LogP contribution in [0.25, 0.3) is 22.0 Å². The summed E-state index contributed by atoms with van der Waals surface area (Å²) < 4.78 is 26.5. The van der Waals surface area contributed by atoms with Crippen LogP contribution in [0, 0.1) is 11.6 Å². The zero-order valence-electron chi connectivity index (χ0n) is 16.8. The molecule has 156 valence electrons. The molecule has 7 heteroatoms. The lowest BCUT2D eigenvalue weighted by Crippen LogP contribution is -2.32. The van der Waals surface area contributed by atoms with Crippen molar-refractivity contribution in [3.8, 4) is 11.3 Å². The van der Waals surface area contributed by atoms with Crippen molar-refractivity contribution >= 4 is 34.1 Å². The summed E-state index contributed by atoms with van der Waals surface area (Å²) in [5, 5.41) is 11.1. The molecule has 1 heterocycles. The van der Waals surface area contributed by atoms with Gasteiger partial charge in [-0.1, -0.05) is 36.0 Å². The first-order valence-corrected chi connectivity index (χ1v) is 10.8. The molecule has 0 aliphatic heterocycles. The Labute approximate surface area is 182 Å². The van der Waals surface area contributed by atoms with Gasteiger partial charge in [0.2, 0.25) is 5.91 Å². The summed E-state index contributed by atoms with van der Waals surface area (Å²) in [7, 11) is 0. The fourth-order valence-electron chi connectivity index (χ4n) is 3.34. The quantitative estimate of drug-likeness (QED) is 0.364. The third-order valence-electron chi connectivity index (χ3n) is 4.86. The zero-order valence-corrected chi connectivity index (χ0v) is 17.6. The molecule has 0 aliphatic rings. The van der Waals surface area contributed by atoms with Crippen LogP contribution < -0.4 is 4.90 Å². The Hall–Kier alpha value is -3.32. The van der Waals surface area contributed by atoms with E-state index in [2.05, 4.69) is 10.2 Å². The number of carbonyl (C=O) groups excluding carboxylic acids is 1. The summed E-state index contributed by atoms with van der Waals surface area (Å²) in [5.41, 5.74) is 2.08. The largest absolute Gasteiger partial charge is 0.312 e. The molecule has 1 aromatic heterocycles. The fourth-order valence-corrected chi connectivity index (χ4v) is 4.19. The van der Waals surface area contributed by atoms with Gasteiger partial charge in [-0.2, -0.15) is 0 Å². The summed E-state index contributed by atoms with van der Waals surface area (Å²) >= 11 is 1.31. The zero-order chi connectivity index (χ0) is 21.8. The van der Waals surface area contributed by atoms with Crippen LogP contribution in [0.3, 0.4) is 0 Å². The van der Waals surface area contributed by atoms with Gasteiger partial charge in [-0.15, -0.1) is 10.2 Å². The van der Waals surface area contributed by atoms with E-state index in [1.54, 1.807) is 29.2 Å². The maximum absolute atomic E-state index is 13.3. The SMILES string of the molecule is CCN(C(=O)CSc1nnc(-c2ccc(F)cc2)c2ccccc12)c1ccc(F)cc1. The number of fused-ring (bicyclic) bond motifs is 1. The Morgan fingerprint density at radius 1 is 0.871 bits per heavy atom. The Bertz CT molecular complexity index is 1210. The van der Waals surface area contributed by atoms with Gasteiger partial charge in [-0.05, 0) is 55.5 Å². The molecule has 0 spiro atoms. The van der Waals surface area contributed by atoms with Gasteiger partial charge in [0.1, 0.15) is 22.4 Å². The number of rotatable bonds is 6. The van der Waals surface area contributed by atoms with Crippen LogP contribution in [0.5, 0.6) is 0 Å². The minimum atomic E-state index is -0.343. The van der Waals surface area contributed by atoms with Crippen molar-refractivity contribution in [3.05, 3.63) is 84.4 Å². The molecule has 0 saturated heterocycles. The summed E-state index contributed by atoms with van der Waals surface area (Å²) in [5.74, 6) is -0.592. The number of hydrogen-bond donors (Lipinski definition) is 0. The van der Waals surface area contributed by atoms with Crippen LogP contribution in [0.1, 0.15) is 6.92 Å². The van der Waals surface area contributed by atoms with E-state index in [1.165, 1.54) is 36.0 Å². The van der Waals surface area contributed by atoms with Crippen molar-refractivity contribution in [2.24, 2.45) is 0 Å². The first kappa shape index (κ1) is 20.9. The molecule has 0 saturated carbocycles. The van der Waals surface area contributed by atoms with Gasteiger partial charge < -0.3 is 4.90 Å². The monoisotopic (exact) mass is 435 g/mol. The van der Waals surface area contributed by atoms with E-state index in [0.29, 0.717) is 23.0 Å². The number of halogens is 2. The maximum atomic E-state index is 13.3. The Morgan fingerprint density at radius 2 is 1.48 bits per heavy atom. The molecule has 4 nitrogen and oxygen atoms in total. The molecule has 0 atom stereocenters. The van der Waals surface area contributed by atoms with Gasteiger partial charge in [0, 0.05) is 28.6 Å². The number of hydrogen-bond acceptors (Lipinski definition) is 4. The van der Waals surface area contributed by atoms with Gasteiger partial charge in [0.15, 0.2) is 0 Å². The van der Waals surface area contributed by atoms with E-state index in [1.807, 2.05) is 31.2 Å². The fraction of sp³-hybridized carbons (Fsp3) is 0.125. The first-order valence-electron chi connectivity index (χ1n) is 9.77. The highest BCUT2D eigenvalue weighted by atomic mass is 32.2.